The number of hydrogen-bond donors (Lipinski definition) is 2. The Morgan fingerprint density at radius 2 is 2.11 bits per heavy atom. The summed E-state index contributed by atoms with van der Waals surface area (Å²) in [5.41, 5.74) is 2.14. The predicted molar refractivity (Wildman–Crippen MR) is 77.0 cm³/mol. The van der Waals surface area contributed by atoms with Gasteiger partial charge in [0.25, 0.3) is 5.91 Å². The van der Waals surface area contributed by atoms with Crippen molar-refractivity contribution in [3.8, 4) is 11.8 Å². The van der Waals surface area contributed by atoms with Crippen molar-refractivity contribution in [1.82, 2.24) is 5.32 Å². The van der Waals surface area contributed by atoms with Gasteiger partial charge in [-0.2, -0.15) is 0 Å². The summed E-state index contributed by atoms with van der Waals surface area (Å²) in [6.07, 6.45) is 0.863. The average molecular weight is 259 g/mol. The van der Waals surface area contributed by atoms with E-state index in [-0.39, 0.29) is 18.1 Å². The fourth-order valence-electron chi connectivity index (χ4n) is 1.50. The number of carbonyl (C=O) groups is 1. The smallest absolute Gasteiger partial charge is 0.251 e. The van der Waals surface area contributed by atoms with Crippen LogP contribution in [0.15, 0.2) is 18.2 Å². The molecule has 0 aliphatic rings. The highest BCUT2D eigenvalue weighted by Gasteiger charge is 2.18. The highest BCUT2D eigenvalue weighted by Crippen LogP contribution is 2.13. The van der Waals surface area contributed by atoms with E-state index in [9.17, 15) is 4.79 Å². The molecule has 0 saturated carbocycles. The van der Waals surface area contributed by atoms with Gasteiger partial charge in [0, 0.05) is 16.7 Å². The number of amides is 1. The second kappa shape index (κ2) is 6.40. The Labute approximate surface area is 115 Å². The number of carbonyl (C=O) groups excluding carboxylic acids is 1. The largest absolute Gasteiger partial charge is 0.384 e. The number of nitrogens with one attached hydrogen (secondary N) is 1. The first-order valence-corrected chi connectivity index (χ1v) is 6.42. The SMILES string of the molecule is CCC(C)(C)NC(=O)c1ccc(C)c(C#CCO)c1. The number of benzene rings is 1. The third kappa shape index (κ3) is 4.42. The van der Waals surface area contributed by atoms with Crippen molar-refractivity contribution in [3.05, 3.63) is 34.9 Å². The predicted octanol–water partition coefficient (Wildman–Crippen LogP) is 2.26. The Hall–Kier alpha value is -1.79. The zero-order valence-corrected chi connectivity index (χ0v) is 12.0. The number of aliphatic hydroxyl groups is 1. The van der Waals surface area contributed by atoms with Gasteiger partial charge in [-0.25, -0.2) is 0 Å². The maximum atomic E-state index is 12.1. The van der Waals surface area contributed by atoms with Gasteiger partial charge >= 0.3 is 0 Å². The molecule has 3 nitrogen and oxygen atoms in total. The van der Waals surface area contributed by atoms with Crippen LogP contribution in [0.5, 0.6) is 0 Å². The lowest BCUT2D eigenvalue weighted by molar-refractivity contribution is 0.0911. The fraction of sp³-hybridized carbons (Fsp3) is 0.438. The van der Waals surface area contributed by atoms with E-state index in [1.807, 2.05) is 33.8 Å². The van der Waals surface area contributed by atoms with Crippen molar-refractivity contribution < 1.29 is 9.90 Å². The van der Waals surface area contributed by atoms with E-state index in [4.69, 9.17) is 5.11 Å². The van der Waals surface area contributed by atoms with Gasteiger partial charge in [-0.15, -0.1) is 0 Å². The van der Waals surface area contributed by atoms with Crippen molar-refractivity contribution >= 4 is 5.91 Å². The second-order valence-electron chi connectivity index (χ2n) is 5.18. The van der Waals surface area contributed by atoms with Crippen molar-refractivity contribution in [2.75, 3.05) is 6.61 Å². The first-order valence-electron chi connectivity index (χ1n) is 6.42. The third-order valence-electron chi connectivity index (χ3n) is 3.14. The van der Waals surface area contributed by atoms with Crippen molar-refractivity contribution in [2.45, 2.75) is 39.7 Å². The van der Waals surface area contributed by atoms with Crippen molar-refractivity contribution in [2.24, 2.45) is 0 Å². The highest BCUT2D eigenvalue weighted by molar-refractivity contribution is 5.95. The quantitative estimate of drug-likeness (QED) is 0.818. The minimum Gasteiger partial charge on any atom is -0.384 e. The van der Waals surface area contributed by atoms with Crippen molar-refractivity contribution in [3.63, 3.8) is 0 Å². The van der Waals surface area contributed by atoms with Crippen LogP contribution in [0.4, 0.5) is 0 Å². The Morgan fingerprint density at radius 3 is 2.68 bits per heavy atom. The molecule has 1 amide bonds. The summed E-state index contributed by atoms with van der Waals surface area (Å²) in [7, 11) is 0. The zero-order chi connectivity index (χ0) is 14.5. The molecule has 2 N–H and O–H groups in total. The van der Waals surface area contributed by atoms with E-state index in [0.29, 0.717) is 5.56 Å². The van der Waals surface area contributed by atoms with Crippen LogP contribution in [0.1, 0.15) is 48.7 Å². The summed E-state index contributed by atoms with van der Waals surface area (Å²) in [5.74, 6) is 5.36. The van der Waals surface area contributed by atoms with Gasteiger partial charge in [-0.3, -0.25) is 4.79 Å². The molecule has 0 aliphatic heterocycles. The summed E-state index contributed by atoms with van der Waals surface area (Å²) in [6, 6.07) is 5.43. The lowest BCUT2D eigenvalue weighted by Gasteiger charge is -2.24. The van der Waals surface area contributed by atoms with Gasteiger partial charge in [0.2, 0.25) is 0 Å². The molecule has 3 heteroatoms. The molecule has 0 saturated heterocycles. The molecule has 0 radical (unpaired) electrons. The molecule has 0 aromatic heterocycles. The summed E-state index contributed by atoms with van der Waals surface area (Å²) >= 11 is 0. The summed E-state index contributed by atoms with van der Waals surface area (Å²) < 4.78 is 0. The Balaban J connectivity index is 2.99. The first kappa shape index (κ1) is 15.3. The maximum absolute atomic E-state index is 12.1. The van der Waals surface area contributed by atoms with Gasteiger partial charge in [-0.1, -0.05) is 24.8 Å². The molecule has 1 rings (SSSR count). The van der Waals surface area contributed by atoms with Crippen LogP contribution in [0, 0.1) is 18.8 Å². The molecule has 0 fully saturated rings. The summed E-state index contributed by atoms with van der Waals surface area (Å²) in [6.45, 7) is 7.77. The number of rotatable bonds is 3. The maximum Gasteiger partial charge on any atom is 0.251 e. The van der Waals surface area contributed by atoms with Crippen molar-refractivity contribution in [1.29, 1.82) is 0 Å². The zero-order valence-electron chi connectivity index (χ0n) is 12.0. The molecule has 1 aromatic carbocycles. The highest BCUT2D eigenvalue weighted by atomic mass is 16.2. The molecular weight excluding hydrogens is 238 g/mol. The Bertz CT molecular complexity index is 521. The molecule has 0 spiro atoms. The normalized spacial score (nSPS) is 10.6. The molecule has 1 aromatic rings. The standard InChI is InChI=1S/C16H21NO2/c1-5-16(3,4)17-15(19)14-9-8-12(2)13(11-14)7-6-10-18/h8-9,11,18H,5,10H2,1-4H3,(H,17,19). The average Bonchev–Trinajstić information content (AvgIpc) is 2.37. The van der Waals surface area contributed by atoms with Crippen LogP contribution >= 0.6 is 0 Å². The van der Waals surface area contributed by atoms with Gasteiger partial charge in [-0.05, 0) is 44.9 Å². The van der Waals surface area contributed by atoms with Gasteiger partial charge in [0.1, 0.15) is 6.61 Å². The van der Waals surface area contributed by atoms with Crippen LogP contribution in [-0.4, -0.2) is 23.2 Å². The van der Waals surface area contributed by atoms with Crippen LogP contribution in [0.25, 0.3) is 0 Å². The minimum absolute atomic E-state index is 0.0982. The topological polar surface area (TPSA) is 49.3 Å². The van der Waals surface area contributed by atoms with E-state index < -0.39 is 0 Å². The van der Waals surface area contributed by atoms with Crippen LogP contribution in [0.2, 0.25) is 0 Å². The van der Waals surface area contributed by atoms with Crippen LogP contribution in [0.3, 0.4) is 0 Å². The molecular formula is C16H21NO2. The number of aliphatic hydroxyl groups excluding tert-OH is 1. The molecule has 0 heterocycles. The molecule has 0 bridgehead atoms. The Morgan fingerprint density at radius 1 is 1.42 bits per heavy atom. The molecule has 0 unspecified atom stereocenters. The molecule has 19 heavy (non-hydrogen) atoms. The van der Waals surface area contributed by atoms with E-state index >= 15 is 0 Å². The summed E-state index contributed by atoms with van der Waals surface area (Å²) in [5, 5.41) is 11.7. The third-order valence-corrected chi connectivity index (χ3v) is 3.14. The lowest BCUT2D eigenvalue weighted by Crippen LogP contribution is -2.42. The number of hydrogen-bond acceptors (Lipinski definition) is 2. The fourth-order valence-corrected chi connectivity index (χ4v) is 1.50. The first-order chi connectivity index (χ1) is 8.89. The second-order valence-corrected chi connectivity index (χ2v) is 5.18. The minimum atomic E-state index is -0.223. The van der Waals surface area contributed by atoms with E-state index in [1.54, 1.807) is 12.1 Å². The Kier molecular flexibility index (Phi) is 5.14. The molecule has 102 valence electrons. The van der Waals surface area contributed by atoms with E-state index in [2.05, 4.69) is 17.2 Å². The lowest BCUT2D eigenvalue weighted by atomic mass is 10.00. The monoisotopic (exact) mass is 259 g/mol. The van der Waals surface area contributed by atoms with Gasteiger partial charge in [0.15, 0.2) is 0 Å². The summed E-state index contributed by atoms with van der Waals surface area (Å²) in [4.78, 5) is 12.1. The van der Waals surface area contributed by atoms with Crippen LogP contribution < -0.4 is 5.32 Å². The molecule has 0 aliphatic carbocycles. The molecule has 0 atom stereocenters. The van der Waals surface area contributed by atoms with E-state index in [0.717, 1.165) is 17.5 Å². The van der Waals surface area contributed by atoms with E-state index in [1.165, 1.54) is 0 Å². The van der Waals surface area contributed by atoms with Crippen LogP contribution in [-0.2, 0) is 0 Å². The van der Waals surface area contributed by atoms with Gasteiger partial charge < -0.3 is 10.4 Å². The number of aryl methyl sites for hydroxylation is 1. The van der Waals surface area contributed by atoms with Gasteiger partial charge in [0.05, 0.1) is 0 Å².